The van der Waals surface area contributed by atoms with Crippen molar-refractivity contribution < 1.29 is 4.79 Å². The van der Waals surface area contributed by atoms with Gasteiger partial charge in [-0.3, -0.25) is 9.69 Å². The summed E-state index contributed by atoms with van der Waals surface area (Å²) in [5.41, 5.74) is 6.27. The fourth-order valence-corrected chi connectivity index (χ4v) is 5.39. The maximum atomic E-state index is 13.1. The van der Waals surface area contributed by atoms with E-state index < -0.39 is 0 Å². The number of amides is 1. The predicted octanol–water partition coefficient (Wildman–Crippen LogP) is 7.20. The number of aromatic nitrogens is 1. The Balaban J connectivity index is 1.78. The standard InChI is InChI=1S/C29H22N2OS2/c1-2-18-30-28(32)26(34-29(30)33)20-23-19-25(21-12-6-3-7-13-21)31(24-16-10-5-11-17-24)27(23)22-14-8-4-9-15-22/h2-17,19-20H,1,18H2/b26-20+. The van der Waals surface area contributed by atoms with Crippen molar-refractivity contribution in [3.63, 3.8) is 0 Å². The summed E-state index contributed by atoms with van der Waals surface area (Å²) >= 11 is 6.80. The molecular formula is C29H22N2OS2. The van der Waals surface area contributed by atoms with Crippen molar-refractivity contribution in [3.05, 3.63) is 120 Å². The Morgan fingerprint density at radius 2 is 1.44 bits per heavy atom. The monoisotopic (exact) mass is 478 g/mol. The number of thioether (sulfide) groups is 1. The van der Waals surface area contributed by atoms with Crippen molar-refractivity contribution in [1.82, 2.24) is 9.47 Å². The highest BCUT2D eigenvalue weighted by Crippen LogP contribution is 2.39. The van der Waals surface area contributed by atoms with Crippen LogP contribution in [0.5, 0.6) is 0 Å². The lowest BCUT2D eigenvalue weighted by Crippen LogP contribution is -2.27. The quantitative estimate of drug-likeness (QED) is 0.166. The van der Waals surface area contributed by atoms with Gasteiger partial charge in [0, 0.05) is 17.8 Å². The Bertz CT molecular complexity index is 1390. The number of hydrogen-bond donors (Lipinski definition) is 0. The molecule has 166 valence electrons. The highest BCUT2D eigenvalue weighted by atomic mass is 32.2. The van der Waals surface area contributed by atoms with Gasteiger partial charge in [0.05, 0.1) is 16.3 Å². The van der Waals surface area contributed by atoms with Crippen molar-refractivity contribution in [2.45, 2.75) is 0 Å². The van der Waals surface area contributed by atoms with Crippen LogP contribution < -0.4 is 0 Å². The van der Waals surface area contributed by atoms with Gasteiger partial charge < -0.3 is 4.57 Å². The first-order valence-corrected chi connectivity index (χ1v) is 12.2. The molecule has 3 nitrogen and oxygen atoms in total. The topological polar surface area (TPSA) is 25.2 Å². The van der Waals surface area contributed by atoms with E-state index in [9.17, 15) is 4.79 Å². The largest absolute Gasteiger partial charge is 0.309 e. The third kappa shape index (κ3) is 4.16. The van der Waals surface area contributed by atoms with Crippen LogP contribution in [0, 0.1) is 0 Å². The predicted molar refractivity (Wildman–Crippen MR) is 147 cm³/mol. The van der Waals surface area contributed by atoms with Crippen LogP contribution in [0.15, 0.2) is 115 Å². The van der Waals surface area contributed by atoms with E-state index >= 15 is 0 Å². The molecule has 0 spiro atoms. The molecule has 1 aliphatic rings. The molecule has 1 saturated heterocycles. The summed E-state index contributed by atoms with van der Waals surface area (Å²) in [6, 6.07) is 33.1. The highest BCUT2D eigenvalue weighted by Gasteiger charge is 2.31. The van der Waals surface area contributed by atoms with Crippen molar-refractivity contribution in [2.75, 3.05) is 6.54 Å². The zero-order chi connectivity index (χ0) is 23.5. The summed E-state index contributed by atoms with van der Waals surface area (Å²) in [5.74, 6) is -0.0809. The first kappa shape index (κ1) is 22.1. The van der Waals surface area contributed by atoms with E-state index in [1.807, 2.05) is 60.7 Å². The molecule has 0 atom stereocenters. The summed E-state index contributed by atoms with van der Waals surface area (Å²) in [6.07, 6.45) is 3.67. The van der Waals surface area contributed by atoms with Gasteiger partial charge in [0.15, 0.2) is 0 Å². The lowest BCUT2D eigenvalue weighted by atomic mass is 10.1. The molecule has 5 heteroatoms. The number of carbonyl (C=O) groups excluding carboxylic acids is 1. The van der Waals surface area contributed by atoms with E-state index in [0.29, 0.717) is 15.8 Å². The number of para-hydroxylation sites is 1. The molecule has 1 aromatic heterocycles. The summed E-state index contributed by atoms with van der Waals surface area (Å²) in [6.45, 7) is 4.16. The molecule has 1 aliphatic heterocycles. The second-order valence-electron chi connectivity index (χ2n) is 7.82. The minimum absolute atomic E-state index is 0.0809. The van der Waals surface area contributed by atoms with Crippen LogP contribution >= 0.6 is 24.0 Å². The minimum Gasteiger partial charge on any atom is -0.309 e. The van der Waals surface area contributed by atoms with Gasteiger partial charge in [-0.1, -0.05) is 109 Å². The lowest BCUT2D eigenvalue weighted by molar-refractivity contribution is -0.121. The van der Waals surface area contributed by atoms with Gasteiger partial charge in [-0.15, -0.1) is 6.58 Å². The van der Waals surface area contributed by atoms with Gasteiger partial charge in [0.2, 0.25) is 0 Å². The molecule has 2 heterocycles. The zero-order valence-corrected chi connectivity index (χ0v) is 20.1. The van der Waals surface area contributed by atoms with Gasteiger partial charge in [-0.25, -0.2) is 0 Å². The molecule has 4 aromatic rings. The molecule has 0 saturated carbocycles. The maximum absolute atomic E-state index is 13.1. The van der Waals surface area contributed by atoms with Crippen molar-refractivity contribution >= 4 is 40.3 Å². The van der Waals surface area contributed by atoms with Crippen LogP contribution in [0.2, 0.25) is 0 Å². The fraction of sp³-hybridized carbons (Fsp3) is 0.0345. The van der Waals surface area contributed by atoms with Crippen LogP contribution in [-0.2, 0) is 4.79 Å². The Morgan fingerprint density at radius 3 is 2.06 bits per heavy atom. The first-order valence-electron chi connectivity index (χ1n) is 11.0. The number of thiocarbonyl (C=S) groups is 1. The first-order chi connectivity index (χ1) is 16.7. The fourth-order valence-electron chi connectivity index (χ4n) is 4.13. The maximum Gasteiger partial charge on any atom is 0.266 e. The van der Waals surface area contributed by atoms with E-state index in [4.69, 9.17) is 12.2 Å². The van der Waals surface area contributed by atoms with E-state index in [0.717, 1.165) is 33.8 Å². The van der Waals surface area contributed by atoms with E-state index in [-0.39, 0.29) is 5.91 Å². The highest BCUT2D eigenvalue weighted by molar-refractivity contribution is 8.26. The van der Waals surface area contributed by atoms with E-state index in [1.165, 1.54) is 11.8 Å². The minimum atomic E-state index is -0.0809. The average Bonchev–Trinajstić information content (AvgIpc) is 3.39. The molecular weight excluding hydrogens is 456 g/mol. The summed E-state index contributed by atoms with van der Waals surface area (Å²) < 4.78 is 2.82. The Kier molecular flexibility index (Phi) is 6.30. The Labute approximate surface area is 209 Å². The lowest BCUT2D eigenvalue weighted by Gasteiger charge is -2.15. The smallest absolute Gasteiger partial charge is 0.266 e. The van der Waals surface area contributed by atoms with Gasteiger partial charge in [0.1, 0.15) is 4.32 Å². The zero-order valence-electron chi connectivity index (χ0n) is 18.4. The third-order valence-electron chi connectivity index (χ3n) is 5.63. The molecule has 5 rings (SSSR count). The van der Waals surface area contributed by atoms with Gasteiger partial charge >= 0.3 is 0 Å². The molecule has 1 amide bonds. The molecule has 1 fully saturated rings. The van der Waals surface area contributed by atoms with Gasteiger partial charge in [-0.2, -0.15) is 0 Å². The molecule has 0 unspecified atom stereocenters. The molecule has 0 N–H and O–H groups in total. The van der Waals surface area contributed by atoms with Crippen molar-refractivity contribution in [2.24, 2.45) is 0 Å². The molecule has 0 radical (unpaired) electrons. The van der Waals surface area contributed by atoms with E-state index in [2.05, 4.69) is 53.6 Å². The summed E-state index contributed by atoms with van der Waals surface area (Å²) in [7, 11) is 0. The number of carbonyl (C=O) groups is 1. The number of benzene rings is 3. The van der Waals surface area contributed by atoms with Crippen molar-refractivity contribution in [3.8, 4) is 28.2 Å². The Morgan fingerprint density at radius 1 is 0.853 bits per heavy atom. The number of nitrogens with zero attached hydrogens (tertiary/aromatic N) is 2. The third-order valence-corrected chi connectivity index (χ3v) is 7.01. The Hall–Kier alpha value is -3.67. The van der Waals surface area contributed by atoms with Gasteiger partial charge in [-0.05, 0) is 35.4 Å². The van der Waals surface area contributed by atoms with Crippen molar-refractivity contribution in [1.29, 1.82) is 0 Å². The summed E-state index contributed by atoms with van der Waals surface area (Å²) in [4.78, 5) is 15.3. The normalized spacial score (nSPS) is 14.7. The molecule has 0 bridgehead atoms. The SMILES string of the molecule is C=CCN1C(=O)/C(=C\c2cc(-c3ccccc3)n(-c3ccccc3)c2-c2ccccc2)SC1=S. The van der Waals surface area contributed by atoms with E-state index in [1.54, 1.807) is 11.0 Å². The second kappa shape index (κ2) is 9.67. The molecule has 34 heavy (non-hydrogen) atoms. The van der Waals surface area contributed by atoms with Crippen LogP contribution in [-0.4, -0.2) is 26.2 Å². The van der Waals surface area contributed by atoms with Crippen LogP contribution in [0.3, 0.4) is 0 Å². The van der Waals surface area contributed by atoms with Gasteiger partial charge in [0.25, 0.3) is 5.91 Å². The van der Waals surface area contributed by atoms with Crippen LogP contribution in [0.25, 0.3) is 34.3 Å². The summed E-state index contributed by atoms with van der Waals surface area (Å²) in [5, 5.41) is 0. The van der Waals surface area contributed by atoms with Crippen LogP contribution in [0.4, 0.5) is 0 Å². The number of hydrogen-bond acceptors (Lipinski definition) is 3. The average molecular weight is 479 g/mol. The molecule has 0 aliphatic carbocycles. The molecule has 3 aromatic carbocycles. The second-order valence-corrected chi connectivity index (χ2v) is 9.49. The number of rotatable bonds is 6. The van der Waals surface area contributed by atoms with Crippen LogP contribution in [0.1, 0.15) is 5.56 Å².